The van der Waals surface area contributed by atoms with Crippen LogP contribution in [0.25, 0.3) is 0 Å². The normalized spacial score (nSPS) is 14.4. The Labute approximate surface area is 873 Å². The van der Waals surface area contributed by atoms with Crippen LogP contribution < -0.4 is 15.9 Å². The largest absolute Gasteiger partial charge is 0.513 e. The molecule has 4 saturated heterocycles. The maximum atomic E-state index is 9.56. The fourth-order valence-corrected chi connectivity index (χ4v) is 9.97. The molecule has 0 spiro atoms. The second-order valence-electron chi connectivity index (χ2n) is 21.7. The van der Waals surface area contributed by atoms with Crippen molar-refractivity contribution >= 4 is 125 Å². The first-order chi connectivity index (χ1) is 48.3. The molecule has 111 heavy (non-hydrogen) atoms. The molecule has 0 bridgehead atoms. The number of aliphatic hydroxyl groups excluding tert-OH is 2. The third-order valence-electron chi connectivity index (χ3n) is 11.0. The summed E-state index contributed by atoms with van der Waals surface area (Å²) in [5, 5.41) is 19.4. The number of hydrogen-bond acceptors (Lipinski definition) is 18. The molecule has 4 atom stereocenters. The first kappa shape index (κ1) is 156. The Morgan fingerprint density at radius 1 is 0.477 bits per heavy atom. The van der Waals surface area contributed by atoms with Crippen molar-refractivity contribution in [3.63, 3.8) is 0 Å². The van der Waals surface area contributed by atoms with Gasteiger partial charge in [0.15, 0.2) is 30.9 Å². The van der Waals surface area contributed by atoms with Gasteiger partial charge in [-0.05, 0) is 132 Å². The molecule has 3 aromatic carbocycles. The Hall–Kier alpha value is 4.69. The third-order valence-corrected chi connectivity index (χ3v) is 15.1. The molecule has 7 rings (SSSR count). The number of carbonyl (C=O) groups is 1. The minimum atomic E-state index is -2.03. The number of benzene rings is 3. The van der Waals surface area contributed by atoms with Gasteiger partial charge in [0.1, 0.15) is 32.5 Å². The summed E-state index contributed by atoms with van der Waals surface area (Å²) >= 11 is 17.1. The molecule has 14 nitrogen and oxygen atoms in total. The molecule has 4 unspecified atom stereocenters. The summed E-state index contributed by atoms with van der Waals surface area (Å²) in [7, 11) is 0. The Kier molecular flexibility index (Phi) is 177. The predicted molar refractivity (Wildman–Crippen MR) is 477 cm³/mol. The Balaban J connectivity index is -0.0000000597. The van der Waals surface area contributed by atoms with E-state index in [0.717, 1.165) is 99.2 Å². The van der Waals surface area contributed by atoms with Gasteiger partial charge in [-0.2, -0.15) is 6.89 Å². The summed E-state index contributed by atoms with van der Waals surface area (Å²) in [5.74, 6) is 3.46. The average molecular weight is 2250 g/mol. The van der Waals surface area contributed by atoms with Crippen LogP contribution in [-0.4, -0.2) is 164 Å². The number of aliphatic hydroxyl groups is 2. The number of ether oxygens (including phenoxy) is 11. The van der Waals surface area contributed by atoms with Crippen LogP contribution >= 0.6 is 97.4 Å². The van der Waals surface area contributed by atoms with E-state index in [0.29, 0.717) is 36.8 Å². The van der Waals surface area contributed by atoms with E-state index in [9.17, 15) is 4.79 Å². The van der Waals surface area contributed by atoms with Gasteiger partial charge in [0, 0.05) is 255 Å². The first-order valence-electron chi connectivity index (χ1n) is 32.5. The van der Waals surface area contributed by atoms with Gasteiger partial charge in [-0.1, -0.05) is 183 Å². The van der Waals surface area contributed by atoms with Crippen LogP contribution in [0.15, 0.2) is 138 Å². The van der Waals surface area contributed by atoms with E-state index in [1.807, 2.05) is 77.8 Å². The minimum absolute atomic E-state index is 0. The molecular formula is C83H143Br2ClO14PS4Y6-11. The number of alkyl halides is 2. The number of hydrogen-bond donors (Lipinski definition) is 2. The Morgan fingerprint density at radius 2 is 0.667 bits per heavy atom. The van der Waals surface area contributed by atoms with Crippen molar-refractivity contribution in [3.05, 3.63) is 202 Å². The van der Waals surface area contributed by atoms with Crippen LogP contribution in [0.4, 0.5) is 0 Å². The maximum Gasteiger partial charge on any atom is 0.160 e. The fourth-order valence-electron chi connectivity index (χ4n) is 6.86. The van der Waals surface area contributed by atoms with Crippen LogP contribution in [0.3, 0.4) is 0 Å². The number of allylic oxidation sites excluding steroid dienone is 2. The van der Waals surface area contributed by atoms with Crippen LogP contribution in [0.1, 0.15) is 155 Å². The summed E-state index contributed by atoms with van der Waals surface area (Å²) < 4.78 is 57.8. The van der Waals surface area contributed by atoms with Crippen molar-refractivity contribution in [2.24, 2.45) is 0 Å². The number of halogens is 3. The van der Waals surface area contributed by atoms with Crippen molar-refractivity contribution in [2.45, 2.75) is 180 Å². The number of carbonyl (C=O) groups excluding carboxylic acids is 1. The molecule has 28 heteroatoms. The minimum Gasteiger partial charge on any atom is -0.513 e. The molecule has 2 N–H and O–H groups in total. The van der Waals surface area contributed by atoms with Gasteiger partial charge in [0.05, 0.1) is 0 Å². The smallest absolute Gasteiger partial charge is 0.160 e. The second-order valence-corrected chi connectivity index (χ2v) is 27.7. The monoisotopic (exact) mass is 2250 g/mol. The standard InChI is InChI=1S/C19H16P.3C10H17O3.C6H11BrO2.C4H7Cl.C4H7O.C4H7.C3H6O2.4C2H5S.CH2Br.4CH4.6Y/c1-20(17-11-5-2-6-12-17,18-13-7-3-8-14-18)19-15-9-4-10-16-19;3*1-9(2)7-11-8-13-10-5-3-4-6-12-10;7-5-9-6-3-1-2-4-8-6;2*1-4(2)3-5;1-4(2)3;1-3(5)2-4;4*1-3-2;1-2;;;;;;;;;;/h1-16H;3*1,10H,3-8H2,2H3;6H,1-5H2;1,3H2,2H3;1,5H,3H2,2H3;1-2H2,3H3;4H,2H2,1H3;4*1H2,2H3;1H2;4*1H4;;;;;;/q4*-1;;;2*-1;;5*-1;;;;;;;;;;. The van der Waals surface area contributed by atoms with Gasteiger partial charge in [-0.3, -0.25) is 35.7 Å². The average Bonchev–Trinajstić information content (AvgIpc) is 0.773. The number of Topliss-reactive ketones (excluding diaryl/α,β-unsaturated/α-hetero) is 1. The number of thioether (sulfide) groups is 4. The van der Waals surface area contributed by atoms with Crippen molar-refractivity contribution in [3.8, 4) is 0 Å². The summed E-state index contributed by atoms with van der Waals surface area (Å²) in [6.07, 6.45) is 41.4. The molecule has 4 heterocycles. The summed E-state index contributed by atoms with van der Waals surface area (Å²) in [5.41, 5.74) is 5.35. The first-order valence-corrected chi connectivity index (χ1v) is 42.7. The summed E-state index contributed by atoms with van der Waals surface area (Å²) in [6.45, 7) is 46.9. The molecule has 3 aromatic rings. The van der Waals surface area contributed by atoms with E-state index >= 15 is 0 Å². The van der Waals surface area contributed by atoms with Crippen LogP contribution in [-0.2, 0) is 253 Å². The number of ketones is 1. The number of rotatable bonds is 23. The van der Waals surface area contributed by atoms with Crippen molar-refractivity contribution < 1.29 is 263 Å². The van der Waals surface area contributed by atoms with Gasteiger partial charge in [-0.15, -0.1) is 11.6 Å². The SMILES string of the molecule is BrCOC1CCCCO1.C.C.C.C.C=C(C)CCl.C=C([CH2-])C.CC(=O)CO.[CH-]=C(C)CO.[CH-]=C(C)COCOC1CCCCO1.[CH-]=C(C)COCOC1CCCCO1.[CH-]=C(C)COCOC1CCCCO1.[CH-]=P(c1ccccc1)(c1ccccc1)c1ccccc1.[CH2-]Br.[CH2-]SC.[CH2-]SC.[CH2-]SC.[CH2-]SC.[Y].[Y].[Y].[Y].[Y].[Y]. The van der Waals surface area contributed by atoms with E-state index in [1.165, 1.54) is 102 Å². The molecule has 0 amide bonds. The van der Waals surface area contributed by atoms with Crippen LogP contribution in [0.5, 0.6) is 0 Å². The van der Waals surface area contributed by atoms with Gasteiger partial charge < -0.3 is 158 Å². The van der Waals surface area contributed by atoms with E-state index in [-0.39, 0.29) is 290 Å². The molecule has 6 radical (unpaired) electrons. The third kappa shape index (κ3) is 123. The second kappa shape index (κ2) is 125. The molecular weight excluding hydrogens is 2110 g/mol. The Bertz CT molecular complexity index is 2130. The molecule has 0 aliphatic carbocycles. The molecule has 0 aromatic heterocycles. The van der Waals surface area contributed by atoms with Gasteiger partial charge in [0.25, 0.3) is 0 Å². The van der Waals surface area contributed by atoms with E-state index in [4.69, 9.17) is 107 Å². The molecule has 4 aliphatic heterocycles. The van der Waals surface area contributed by atoms with Crippen LogP contribution in [0, 0.1) is 64.1 Å². The quantitative estimate of drug-likeness (QED) is 0.0230. The van der Waals surface area contributed by atoms with Crippen molar-refractivity contribution in [1.29, 1.82) is 0 Å². The fraction of sp³-hybridized carbons (Fsp3) is 0.542. The molecule has 0 saturated carbocycles. The molecule has 4 aliphatic rings. The zero-order chi connectivity index (χ0) is 78.2. The van der Waals surface area contributed by atoms with Gasteiger partial charge >= 0.3 is 0 Å². The summed E-state index contributed by atoms with van der Waals surface area (Å²) in [4.78, 5) is 9.56. The zero-order valence-electron chi connectivity index (χ0n) is 66.4. The summed E-state index contributed by atoms with van der Waals surface area (Å²) in [6, 6.07) is 31.2. The topological polar surface area (TPSA) is 159 Å². The Morgan fingerprint density at radius 3 is 0.802 bits per heavy atom. The van der Waals surface area contributed by atoms with E-state index in [1.54, 1.807) is 6.92 Å². The molecule has 4 fully saturated rings. The van der Waals surface area contributed by atoms with Gasteiger partial charge in [-0.25, -0.2) is 41.4 Å². The van der Waals surface area contributed by atoms with Gasteiger partial charge in [0.2, 0.25) is 0 Å². The van der Waals surface area contributed by atoms with E-state index < -0.39 is 6.89 Å². The van der Waals surface area contributed by atoms with Crippen molar-refractivity contribution in [1.82, 2.24) is 0 Å². The predicted octanol–water partition coefficient (Wildman–Crippen LogP) is 22.2. The molecule has 638 valence electrons. The van der Waals surface area contributed by atoms with Crippen molar-refractivity contribution in [2.75, 3.05) is 116 Å². The van der Waals surface area contributed by atoms with E-state index in [2.05, 4.69) is 156 Å². The zero-order valence-corrected chi connectivity index (χ0v) is 91.5. The van der Waals surface area contributed by atoms with Crippen LogP contribution in [0.2, 0.25) is 0 Å². The maximum absolute atomic E-state index is 9.56.